The van der Waals surface area contributed by atoms with Gasteiger partial charge in [0.15, 0.2) is 11.6 Å². The van der Waals surface area contributed by atoms with Gasteiger partial charge >= 0.3 is 0 Å². The number of benzene rings is 1. The molecule has 1 aromatic rings. The Hall–Kier alpha value is -1.10. The van der Waals surface area contributed by atoms with Crippen LogP contribution in [-0.2, 0) is 6.54 Å². The lowest BCUT2D eigenvalue weighted by atomic mass is 10.2. The molecule has 0 aliphatic carbocycles. The molecule has 0 aliphatic heterocycles. The molecule has 0 heterocycles. The van der Waals surface area contributed by atoms with Gasteiger partial charge in [-0.15, -0.1) is 0 Å². The van der Waals surface area contributed by atoms with Gasteiger partial charge in [0.25, 0.3) is 6.43 Å². The van der Waals surface area contributed by atoms with Crippen LogP contribution in [0.25, 0.3) is 0 Å². The average molecular weight is 207 g/mol. The van der Waals surface area contributed by atoms with Crippen LogP contribution in [0.2, 0.25) is 0 Å². The zero-order valence-corrected chi connectivity index (χ0v) is 7.24. The van der Waals surface area contributed by atoms with E-state index in [0.29, 0.717) is 5.56 Å². The quantitative estimate of drug-likeness (QED) is 0.747. The summed E-state index contributed by atoms with van der Waals surface area (Å²) in [7, 11) is 0. The number of halogens is 4. The van der Waals surface area contributed by atoms with Crippen LogP contribution in [0.15, 0.2) is 18.2 Å². The molecule has 78 valence electrons. The van der Waals surface area contributed by atoms with Crippen molar-refractivity contribution in [1.82, 2.24) is 5.32 Å². The maximum absolute atomic E-state index is 12.6. The first-order chi connectivity index (χ1) is 6.59. The van der Waals surface area contributed by atoms with Gasteiger partial charge in [0.1, 0.15) is 0 Å². The molecule has 1 aromatic carbocycles. The van der Waals surface area contributed by atoms with Crippen molar-refractivity contribution in [3.8, 4) is 0 Å². The average Bonchev–Trinajstić information content (AvgIpc) is 2.10. The highest BCUT2D eigenvalue weighted by atomic mass is 19.3. The molecule has 14 heavy (non-hydrogen) atoms. The Kier molecular flexibility index (Phi) is 3.88. The van der Waals surface area contributed by atoms with E-state index in [1.807, 2.05) is 0 Å². The second-order valence-corrected chi connectivity index (χ2v) is 2.77. The first-order valence-electron chi connectivity index (χ1n) is 4.02. The lowest BCUT2D eigenvalue weighted by Crippen LogP contribution is -2.20. The van der Waals surface area contributed by atoms with Gasteiger partial charge in [-0.05, 0) is 17.7 Å². The lowest BCUT2D eigenvalue weighted by Gasteiger charge is -2.04. The minimum atomic E-state index is -2.44. The normalized spacial score (nSPS) is 10.9. The van der Waals surface area contributed by atoms with Crippen molar-refractivity contribution < 1.29 is 17.6 Å². The van der Waals surface area contributed by atoms with E-state index in [-0.39, 0.29) is 6.54 Å². The highest BCUT2D eigenvalue weighted by Crippen LogP contribution is 2.08. The zero-order valence-electron chi connectivity index (χ0n) is 7.24. The van der Waals surface area contributed by atoms with Gasteiger partial charge in [-0.1, -0.05) is 6.07 Å². The van der Waals surface area contributed by atoms with Crippen molar-refractivity contribution in [3.63, 3.8) is 0 Å². The predicted molar refractivity (Wildman–Crippen MR) is 44.1 cm³/mol. The number of hydrogen-bond donors (Lipinski definition) is 1. The molecule has 1 nitrogen and oxygen atoms in total. The second-order valence-electron chi connectivity index (χ2n) is 2.77. The fourth-order valence-electron chi connectivity index (χ4n) is 0.975. The SMILES string of the molecule is Fc1ccc(CNCC(F)F)cc1F. The minimum absolute atomic E-state index is 0.0987. The molecule has 0 aliphatic rings. The van der Waals surface area contributed by atoms with Crippen LogP contribution in [-0.4, -0.2) is 13.0 Å². The lowest BCUT2D eigenvalue weighted by molar-refractivity contribution is 0.145. The molecule has 0 radical (unpaired) electrons. The molecule has 0 spiro atoms. The second kappa shape index (κ2) is 4.95. The van der Waals surface area contributed by atoms with E-state index in [2.05, 4.69) is 5.32 Å². The Bertz CT molecular complexity index is 301. The molecule has 5 heteroatoms. The third kappa shape index (κ3) is 3.33. The number of nitrogens with one attached hydrogen (secondary N) is 1. The molecule has 1 rings (SSSR count). The summed E-state index contributed by atoms with van der Waals surface area (Å²) in [4.78, 5) is 0. The van der Waals surface area contributed by atoms with Crippen LogP contribution in [0, 0.1) is 11.6 Å². The van der Waals surface area contributed by atoms with E-state index in [1.165, 1.54) is 6.07 Å². The van der Waals surface area contributed by atoms with E-state index < -0.39 is 24.6 Å². The third-order valence-electron chi connectivity index (χ3n) is 1.61. The number of rotatable bonds is 4. The molecular weight excluding hydrogens is 198 g/mol. The molecule has 0 atom stereocenters. The summed E-state index contributed by atoms with van der Waals surface area (Å²) < 4.78 is 48.4. The monoisotopic (exact) mass is 207 g/mol. The topological polar surface area (TPSA) is 12.0 Å². The van der Waals surface area contributed by atoms with Crippen LogP contribution in [0.3, 0.4) is 0 Å². The van der Waals surface area contributed by atoms with Gasteiger partial charge in [0, 0.05) is 6.54 Å². The summed E-state index contributed by atoms with van der Waals surface area (Å²) in [5.41, 5.74) is 0.435. The Morgan fingerprint density at radius 2 is 1.86 bits per heavy atom. The maximum Gasteiger partial charge on any atom is 0.250 e. The predicted octanol–water partition coefficient (Wildman–Crippen LogP) is 2.32. The van der Waals surface area contributed by atoms with Gasteiger partial charge < -0.3 is 5.32 Å². The molecule has 0 amide bonds. The number of alkyl halides is 2. The van der Waals surface area contributed by atoms with Crippen molar-refractivity contribution in [2.75, 3.05) is 6.54 Å². The fraction of sp³-hybridized carbons (Fsp3) is 0.333. The van der Waals surface area contributed by atoms with Crippen molar-refractivity contribution >= 4 is 0 Å². The van der Waals surface area contributed by atoms with E-state index >= 15 is 0 Å². The number of hydrogen-bond acceptors (Lipinski definition) is 1. The van der Waals surface area contributed by atoms with Crippen LogP contribution in [0.5, 0.6) is 0 Å². The highest BCUT2D eigenvalue weighted by molar-refractivity contribution is 5.17. The van der Waals surface area contributed by atoms with E-state index in [0.717, 1.165) is 12.1 Å². The van der Waals surface area contributed by atoms with E-state index in [4.69, 9.17) is 0 Å². The molecule has 0 saturated heterocycles. The van der Waals surface area contributed by atoms with E-state index in [9.17, 15) is 17.6 Å². The van der Waals surface area contributed by atoms with Crippen LogP contribution < -0.4 is 5.32 Å². The third-order valence-corrected chi connectivity index (χ3v) is 1.61. The summed E-state index contributed by atoms with van der Waals surface area (Å²) in [6.45, 7) is -0.361. The molecule has 0 fully saturated rings. The Morgan fingerprint density at radius 3 is 2.43 bits per heavy atom. The Labute approximate surface area is 78.7 Å². The molecule has 0 unspecified atom stereocenters. The van der Waals surface area contributed by atoms with Gasteiger partial charge in [-0.2, -0.15) is 0 Å². The van der Waals surface area contributed by atoms with Gasteiger partial charge in [0.2, 0.25) is 0 Å². The van der Waals surface area contributed by atoms with Crippen LogP contribution in [0.1, 0.15) is 5.56 Å². The van der Waals surface area contributed by atoms with Crippen LogP contribution >= 0.6 is 0 Å². The minimum Gasteiger partial charge on any atom is -0.307 e. The molecule has 0 saturated carbocycles. The first kappa shape index (κ1) is 11.0. The Morgan fingerprint density at radius 1 is 1.14 bits per heavy atom. The summed E-state index contributed by atoms with van der Waals surface area (Å²) in [6, 6.07) is 3.29. The largest absolute Gasteiger partial charge is 0.307 e. The van der Waals surface area contributed by atoms with Gasteiger partial charge in [-0.25, -0.2) is 17.6 Å². The van der Waals surface area contributed by atoms with Crippen molar-refractivity contribution in [2.45, 2.75) is 13.0 Å². The summed E-state index contributed by atoms with van der Waals surface area (Å²) in [6.07, 6.45) is -2.44. The Balaban J connectivity index is 2.47. The molecule has 0 bridgehead atoms. The van der Waals surface area contributed by atoms with Gasteiger partial charge in [0.05, 0.1) is 6.54 Å². The summed E-state index contributed by atoms with van der Waals surface area (Å²) in [5, 5.41) is 2.41. The fourth-order valence-corrected chi connectivity index (χ4v) is 0.975. The molecular formula is C9H9F4N. The van der Waals surface area contributed by atoms with E-state index in [1.54, 1.807) is 0 Å². The standard InChI is InChI=1S/C9H9F4N/c10-7-2-1-6(3-8(7)11)4-14-5-9(12)13/h1-3,9,14H,4-5H2. The molecule has 1 N–H and O–H groups in total. The summed E-state index contributed by atoms with van der Waals surface area (Å²) >= 11 is 0. The van der Waals surface area contributed by atoms with Gasteiger partial charge in [-0.3, -0.25) is 0 Å². The van der Waals surface area contributed by atoms with Crippen molar-refractivity contribution in [3.05, 3.63) is 35.4 Å². The molecule has 0 aromatic heterocycles. The smallest absolute Gasteiger partial charge is 0.250 e. The maximum atomic E-state index is 12.6. The van der Waals surface area contributed by atoms with Crippen molar-refractivity contribution in [1.29, 1.82) is 0 Å². The van der Waals surface area contributed by atoms with Crippen LogP contribution in [0.4, 0.5) is 17.6 Å². The highest BCUT2D eigenvalue weighted by Gasteiger charge is 2.04. The first-order valence-corrected chi connectivity index (χ1v) is 4.02. The summed E-state index contributed by atoms with van der Waals surface area (Å²) in [5.74, 6) is -1.91. The van der Waals surface area contributed by atoms with Crippen molar-refractivity contribution in [2.24, 2.45) is 0 Å². The zero-order chi connectivity index (χ0) is 10.6.